The van der Waals surface area contributed by atoms with Crippen molar-refractivity contribution in [1.82, 2.24) is 4.90 Å². The lowest BCUT2D eigenvalue weighted by molar-refractivity contribution is -0.140. The van der Waals surface area contributed by atoms with E-state index in [0.717, 1.165) is 19.4 Å². The van der Waals surface area contributed by atoms with Gasteiger partial charge in [-0.25, -0.2) is 0 Å². The van der Waals surface area contributed by atoms with Gasteiger partial charge in [0.25, 0.3) is 0 Å². The first kappa shape index (κ1) is 15.8. The molecule has 2 fully saturated rings. The first-order valence-electron chi connectivity index (χ1n) is 8.17. The van der Waals surface area contributed by atoms with Crippen LogP contribution in [0, 0.1) is 17.8 Å². The van der Waals surface area contributed by atoms with Gasteiger partial charge in [-0.1, -0.05) is 13.3 Å². The molecule has 1 saturated carbocycles. The molecule has 2 N–H and O–H groups in total. The number of amides is 1. The van der Waals surface area contributed by atoms with E-state index in [-0.39, 0.29) is 24.0 Å². The molecule has 1 saturated heterocycles. The number of carbonyl (C=O) groups excluding carboxylic acids is 1. The van der Waals surface area contributed by atoms with Gasteiger partial charge in [-0.05, 0) is 52.0 Å². The van der Waals surface area contributed by atoms with Crippen LogP contribution in [0.25, 0.3) is 0 Å². The zero-order valence-corrected chi connectivity index (χ0v) is 13.3. The van der Waals surface area contributed by atoms with Crippen molar-refractivity contribution in [2.45, 2.75) is 65.2 Å². The van der Waals surface area contributed by atoms with Gasteiger partial charge in [-0.2, -0.15) is 0 Å². The smallest absolute Gasteiger partial charge is 0.228 e. The molecule has 0 aromatic carbocycles. The van der Waals surface area contributed by atoms with E-state index in [1.807, 2.05) is 6.92 Å². The van der Waals surface area contributed by atoms with Crippen LogP contribution in [0.4, 0.5) is 0 Å². The molecule has 1 aliphatic heterocycles. The fraction of sp³-hybridized carbons (Fsp3) is 0.938. The molecule has 4 nitrogen and oxygen atoms in total. The van der Waals surface area contributed by atoms with Crippen molar-refractivity contribution in [1.29, 1.82) is 0 Å². The predicted octanol–water partition coefficient (Wildman–Crippen LogP) is 2.02. The van der Waals surface area contributed by atoms with Crippen molar-refractivity contribution >= 4 is 5.91 Å². The molecule has 0 aromatic heterocycles. The van der Waals surface area contributed by atoms with E-state index in [1.54, 1.807) is 0 Å². The van der Waals surface area contributed by atoms with Crippen molar-refractivity contribution < 1.29 is 9.53 Å². The average Bonchev–Trinajstić information content (AvgIpc) is 2.96. The summed E-state index contributed by atoms with van der Waals surface area (Å²) in [4.78, 5) is 15.1. The summed E-state index contributed by atoms with van der Waals surface area (Å²) in [5.74, 6) is 1.06. The third-order valence-electron chi connectivity index (χ3n) is 5.47. The number of nitrogens with two attached hydrogens (primary N) is 1. The van der Waals surface area contributed by atoms with Crippen LogP contribution >= 0.6 is 0 Å². The zero-order valence-electron chi connectivity index (χ0n) is 13.3. The Morgan fingerprint density at radius 3 is 2.45 bits per heavy atom. The van der Waals surface area contributed by atoms with Crippen LogP contribution < -0.4 is 5.73 Å². The molecule has 0 bridgehead atoms. The Morgan fingerprint density at radius 2 is 1.95 bits per heavy atom. The van der Waals surface area contributed by atoms with Gasteiger partial charge in [0.05, 0.1) is 18.1 Å². The Balaban J connectivity index is 2.13. The zero-order chi connectivity index (χ0) is 14.9. The summed E-state index contributed by atoms with van der Waals surface area (Å²) in [6.45, 7) is 9.80. The van der Waals surface area contributed by atoms with Gasteiger partial charge in [-0.15, -0.1) is 0 Å². The lowest BCUT2D eigenvalue weighted by Crippen LogP contribution is -2.48. The van der Waals surface area contributed by atoms with Crippen LogP contribution in [0.3, 0.4) is 0 Å². The van der Waals surface area contributed by atoms with Gasteiger partial charge in [0.2, 0.25) is 5.91 Å². The third kappa shape index (κ3) is 2.73. The average molecular weight is 282 g/mol. The Labute approximate surface area is 123 Å². The second-order valence-electron chi connectivity index (χ2n) is 6.55. The topological polar surface area (TPSA) is 55.6 Å². The van der Waals surface area contributed by atoms with Crippen molar-refractivity contribution in [3.63, 3.8) is 0 Å². The van der Waals surface area contributed by atoms with E-state index in [1.165, 1.54) is 6.42 Å². The molecule has 6 atom stereocenters. The fourth-order valence-corrected chi connectivity index (χ4v) is 4.14. The molecule has 1 amide bonds. The van der Waals surface area contributed by atoms with Crippen molar-refractivity contribution in [3.05, 3.63) is 0 Å². The Bertz CT molecular complexity index is 347. The molecule has 2 aliphatic rings. The minimum absolute atomic E-state index is 0.00368. The molecule has 2 rings (SSSR count). The van der Waals surface area contributed by atoms with Gasteiger partial charge in [0.1, 0.15) is 0 Å². The summed E-state index contributed by atoms with van der Waals surface area (Å²) in [6.07, 6.45) is 3.66. The van der Waals surface area contributed by atoms with Crippen LogP contribution in [-0.2, 0) is 9.53 Å². The molecular formula is C16H30N2O2. The summed E-state index contributed by atoms with van der Waals surface area (Å²) in [7, 11) is 0. The number of hydrogen-bond donors (Lipinski definition) is 1. The highest BCUT2D eigenvalue weighted by molar-refractivity contribution is 5.80. The Kier molecular flexibility index (Phi) is 5.08. The Hall–Kier alpha value is -0.610. The maximum atomic E-state index is 13.0. The van der Waals surface area contributed by atoms with Crippen LogP contribution in [0.2, 0.25) is 0 Å². The summed E-state index contributed by atoms with van der Waals surface area (Å²) in [6, 6.07) is 0.341. The minimum atomic E-state index is 0.00368. The lowest BCUT2D eigenvalue weighted by Gasteiger charge is -2.35. The van der Waals surface area contributed by atoms with Gasteiger partial charge in [-0.3, -0.25) is 4.79 Å². The third-order valence-corrected chi connectivity index (χ3v) is 5.47. The molecule has 1 heterocycles. The quantitative estimate of drug-likeness (QED) is 0.858. The monoisotopic (exact) mass is 282 g/mol. The maximum absolute atomic E-state index is 13.0. The molecule has 4 heteroatoms. The normalized spacial score (nSPS) is 41.0. The SMILES string of the molecule is CCN(C(=O)C1C(C)OC(C)C1C)C1CCCC1CN. The first-order chi connectivity index (χ1) is 9.51. The summed E-state index contributed by atoms with van der Waals surface area (Å²) >= 11 is 0. The lowest BCUT2D eigenvalue weighted by atomic mass is 9.87. The van der Waals surface area contributed by atoms with Gasteiger partial charge >= 0.3 is 0 Å². The molecule has 0 spiro atoms. The summed E-state index contributed by atoms with van der Waals surface area (Å²) in [5, 5.41) is 0. The number of hydrogen-bond acceptors (Lipinski definition) is 3. The summed E-state index contributed by atoms with van der Waals surface area (Å²) < 4.78 is 5.85. The Morgan fingerprint density at radius 1 is 1.25 bits per heavy atom. The molecule has 1 aliphatic carbocycles. The van der Waals surface area contributed by atoms with Crippen LogP contribution in [-0.4, -0.2) is 42.1 Å². The maximum Gasteiger partial charge on any atom is 0.228 e. The molecule has 20 heavy (non-hydrogen) atoms. The van der Waals surface area contributed by atoms with E-state index in [0.29, 0.717) is 24.4 Å². The van der Waals surface area contributed by atoms with E-state index in [4.69, 9.17) is 10.5 Å². The van der Waals surface area contributed by atoms with Gasteiger partial charge < -0.3 is 15.4 Å². The first-order valence-corrected chi connectivity index (χ1v) is 8.17. The highest BCUT2D eigenvalue weighted by Crippen LogP contribution is 2.36. The minimum Gasteiger partial charge on any atom is -0.374 e. The van der Waals surface area contributed by atoms with Crippen LogP contribution in [0.15, 0.2) is 0 Å². The molecule has 0 radical (unpaired) electrons. The number of rotatable bonds is 4. The largest absolute Gasteiger partial charge is 0.374 e. The molecule has 6 unspecified atom stereocenters. The summed E-state index contributed by atoms with van der Waals surface area (Å²) in [5.41, 5.74) is 5.88. The van der Waals surface area contributed by atoms with Crippen LogP contribution in [0.1, 0.15) is 47.0 Å². The second-order valence-corrected chi connectivity index (χ2v) is 6.55. The van der Waals surface area contributed by atoms with E-state index in [2.05, 4.69) is 25.7 Å². The predicted molar refractivity (Wildman–Crippen MR) is 80.2 cm³/mol. The number of carbonyl (C=O) groups is 1. The van der Waals surface area contributed by atoms with Gasteiger partial charge in [0, 0.05) is 12.6 Å². The molecule has 0 aromatic rings. The van der Waals surface area contributed by atoms with Crippen molar-refractivity contribution in [3.8, 4) is 0 Å². The standard InChI is InChI=1S/C16H30N2O2/c1-5-18(14-8-6-7-13(14)9-17)16(19)15-10(2)11(3)20-12(15)4/h10-15H,5-9,17H2,1-4H3. The van der Waals surface area contributed by atoms with Crippen LogP contribution in [0.5, 0.6) is 0 Å². The fourth-order valence-electron chi connectivity index (χ4n) is 4.14. The second kappa shape index (κ2) is 6.44. The van der Waals surface area contributed by atoms with E-state index >= 15 is 0 Å². The van der Waals surface area contributed by atoms with Gasteiger partial charge in [0.15, 0.2) is 0 Å². The van der Waals surface area contributed by atoms with E-state index in [9.17, 15) is 4.79 Å². The van der Waals surface area contributed by atoms with Crippen molar-refractivity contribution in [2.24, 2.45) is 23.5 Å². The number of ether oxygens (including phenoxy) is 1. The number of nitrogens with zero attached hydrogens (tertiary/aromatic N) is 1. The van der Waals surface area contributed by atoms with Crippen molar-refractivity contribution in [2.75, 3.05) is 13.1 Å². The molecule has 116 valence electrons. The highest BCUT2D eigenvalue weighted by atomic mass is 16.5. The van der Waals surface area contributed by atoms with E-state index < -0.39 is 0 Å². The molecular weight excluding hydrogens is 252 g/mol. The highest BCUT2D eigenvalue weighted by Gasteiger charge is 2.45.